The molecule has 2 aliphatic rings. The lowest BCUT2D eigenvalue weighted by Gasteiger charge is -2.37. The van der Waals surface area contributed by atoms with E-state index in [1.54, 1.807) is 0 Å². The molecule has 0 fully saturated rings. The summed E-state index contributed by atoms with van der Waals surface area (Å²) in [5.74, 6) is 0. The molecule has 0 bridgehead atoms. The minimum atomic E-state index is 1.01. The zero-order valence-electron chi connectivity index (χ0n) is 16.5. The molecule has 0 unspecified atom stereocenters. The number of rotatable bonds is 3. The quantitative estimate of drug-likeness (QED) is 0.834. The second-order valence-corrected chi connectivity index (χ2v) is 7.71. The Morgan fingerprint density at radius 2 is 1.27 bits per heavy atom. The van der Waals surface area contributed by atoms with Crippen molar-refractivity contribution in [1.82, 2.24) is 9.80 Å². The van der Waals surface area contributed by atoms with Crippen LogP contribution in [-0.2, 0) is 13.1 Å². The first-order chi connectivity index (χ1) is 12.6. The van der Waals surface area contributed by atoms with Gasteiger partial charge in [0.2, 0.25) is 0 Å². The van der Waals surface area contributed by atoms with E-state index in [-0.39, 0.29) is 0 Å². The van der Waals surface area contributed by atoms with Gasteiger partial charge in [0.1, 0.15) is 0 Å². The summed E-state index contributed by atoms with van der Waals surface area (Å²) >= 11 is 0. The van der Waals surface area contributed by atoms with E-state index in [2.05, 4.69) is 83.9 Å². The SMILES string of the molecule is CCN1CN(C)Cc2cc(-c3ccc4c(c3)N(CC)CN(C)C4)ccc21. The molecular formula is C22H30N4. The van der Waals surface area contributed by atoms with Gasteiger partial charge in [-0.2, -0.15) is 0 Å². The first-order valence-corrected chi connectivity index (χ1v) is 9.72. The van der Waals surface area contributed by atoms with Crippen molar-refractivity contribution in [3.63, 3.8) is 0 Å². The third kappa shape index (κ3) is 3.08. The van der Waals surface area contributed by atoms with Crippen LogP contribution in [0, 0.1) is 0 Å². The minimum Gasteiger partial charge on any atom is -0.359 e. The topological polar surface area (TPSA) is 13.0 Å². The summed E-state index contributed by atoms with van der Waals surface area (Å²) < 4.78 is 0. The molecule has 4 rings (SSSR count). The molecule has 0 atom stereocenters. The lowest BCUT2D eigenvalue weighted by Crippen LogP contribution is -2.40. The molecule has 2 heterocycles. The Bertz CT molecular complexity index is 801. The fraction of sp³-hybridized carbons (Fsp3) is 0.455. The Kier molecular flexibility index (Phi) is 4.63. The summed E-state index contributed by atoms with van der Waals surface area (Å²) in [4.78, 5) is 9.67. The third-order valence-electron chi connectivity index (χ3n) is 5.65. The summed E-state index contributed by atoms with van der Waals surface area (Å²) in [6.45, 7) is 10.6. The summed E-state index contributed by atoms with van der Waals surface area (Å²) in [6.07, 6.45) is 0. The zero-order chi connectivity index (χ0) is 18.3. The van der Waals surface area contributed by atoms with Crippen LogP contribution in [0.25, 0.3) is 11.1 Å². The molecule has 2 aromatic rings. The Balaban J connectivity index is 1.72. The van der Waals surface area contributed by atoms with E-state index >= 15 is 0 Å². The molecule has 138 valence electrons. The van der Waals surface area contributed by atoms with E-state index in [0.717, 1.165) is 39.5 Å². The van der Waals surface area contributed by atoms with Crippen molar-refractivity contribution < 1.29 is 0 Å². The summed E-state index contributed by atoms with van der Waals surface area (Å²) in [7, 11) is 4.39. The number of benzene rings is 2. The summed E-state index contributed by atoms with van der Waals surface area (Å²) in [6, 6.07) is 14.0. The van der Waals surface area contributed by atoms with Gasteiger partial charge in [-0.3, -0.25) is 9.80 Å². The smallest absolute Gasteiger partial charge is 0.0707 e. The molecule has 0 N–H and O–H groups in total. The molecule has 4 heteroatoms. The maximum Gasteiger partial charge on any atom is 0.0707 e. The fourth-order valence-corrected chi connectivity index (χ4v) is 4.33. The monoisotopic (exact) mass is 350 g/mol. The molecular weight excluding hydrogens is 320 g/mol. The largest absolute Gasteiger partial charge is 0.359 e. The van der Waals surface area contributed by atoms with Gasteiger partial charge in [-0.1, -0.05) is 18.2 Å². The van der Waals surface area contributed by atoms with Crippen LogP contribution >= 0.6 is 0 Å². The number of nitrogens with zero attached hydrogens (tertiary/aromatic N) is 4. The van der Waals surface area contributed by atoms with Crippen molar-refractivity contribution in [2.24, 2.45) is 0 Å². The highest BCUT2D eigenvalue weighted by atomic mass is 15.3. The van der Waals surface area contributed by atoms with Crippen molar-refractivity contribution in [3.05, 3.63) is 47.5 Å². The van der Waals surface area contributed by atoms with Crippen molar-refractivity contribution in [2.45, 2.75) is 26.9 Å². The predicted octanol–water partition coefficient (Wildman–Crippen LogP) is 3.81. The second-order valence-electron chi connectivity index (χ2n) is 7.71. The highest BCUT2D eigenvalue weighted by Gasteiger charge is 2.21. The highest BCUT2D eigenvalue weighted by molar-refractivity contribution is 5.74. The summed E-state index contributed by atoms with van der Waals surface area (Å²) in [5, 5.41) is 0. The number of fused-ring (bicyclic) bond motifs is 2. The zero-order valence-corrected chi connectivity index (χ0v) is 16.5. The van der Waals surface area contributed by atoms with Crippen LogP contribution in [0.2, 0.25) is 0 Å². The van der Waals surface area contributed by atoms with E-state index in [9.17, 15) is 0 Å². The van der Waals surface area contributed by atoms with Crippen molar-refractivity contribution in [3.8, 4) is 11.1 Å². The van der Waals surface area contributed by atoms with Gasteiger partial charge in [0.25, 0.3) is 0 Å². The normalized spacial score (nSPS) is 18.0. The Hall–Kier alpha value is -2.04. The van der Waals surface area contributed by atoms with Crippen LogP contribution in [0.1, 0.15) is 25.0 Å². The maximum absolute atomic E-state index is 2.47. The van der Waals surface area contributed by atoms with Crippen LogP contribution < -0.4 is 9.80 Å². The lowest BCUT2D eigenvalue weighted by atomic mass is 9.97. The van der Waals surface area contributed by atoms with E-state index in [0.29, 0.717) is 0 Å². The first-order valence-electron chi connectivity index (χ1n) is 9.72. The molecule has 0 radical (unpaired) electrons. The second kappa shape index (κ2) is 6.93. The fourth-order valence-electron chi connectivity index (χ4n) is 4.33. The first kappa shape index (κ1) is 17.4. The molecule has 0 saturated heterocycles. The van der Waals surface area contributed by atoms with Crippen LogP contribution in [0.3, 0.4) is 0 Å². The molecule has 0 amide bonds. The third-order valence-corrected chi connectivity index (χ3v) is 5.65. The van der Waals surface area contributed by atoms with E-state index < -0.39 is 0 Å². The Morgan fingerprint density at radius 1 is 0.692 bits per heavy atom. The Morgan fingerprint density at radius 3 is 1.96 bits per heavy atom. The van der Waals surface area contributed by atoms with Gasteiger partial charge in [0, 0.05) is 37.6 Å². The molecule has 0 aliphatic carbocycles. The van der Waals surface area contributed by atoms with Gasteiger partial charge in [-0.05, 0) is 68.4 Å². The van der Waals surface area contributed by atoms with Crippen LogP contribution in [0.15, 0.2) is 36.4 Å². The number of hydrogen-bond acceptors (Lipinski definition) is 4. The van der Waals surface area contributed by atoms with Crippen LogP contribution in [-0.4, -0.2) is 50.3 Å². The van der Waals surface area contributed by atoms with E-state index in [4.69, 9.17) is 0 Å². The van der Waals surface area contributed by atoms with Crippen molar-refractivity contribution >= 4 is 11.4 Å². The van der Waals surface area contributed by atoms with E-state index in [1.807, 2.05) is 0 Å². The van der Waals surface area contributed by atoms with Gasteiger partial charge in [0.05, 0.1) is 13.3 Å². The van der Waals surface area contributed by atoms with Gasteiger partial charge in [0.15, 0.2) is 0 Å². The molecule has 26 heavy (non-hydrogen) atoms. The van der Waals surface area contributed by atoms with Crippen molar-refractivity contribution in [2.75, 3.05) is 50.3 Å². The van der Waals surface area contributed by atoms with Crippen LogP contribution in [0.4, 0.5) is 11.4 Å². The molecule has 2 aliphatic heterocycles. The molecule has 2 aromatic carbocycles. The van der Waals surface area contributed by atoms with Gasteiger partial charge in [-0.25, -0.2) is 0 Å². The average Bonchev–Trinajstić information content (AvgIpc) is 2.65. The molecule has 0 spiro atoms. The number of anilines is 2. The van der Waals surface area contributed by atoms with Crippen LogP contribution in [0.5, 0.6) is 0 Å². The molecule has 0 saturated carbocycles. The van der Waals surface area contributed by atoms with Gasteiger partial charge < -0.3 is 9.80 Å². The maximum atomic E-state index is 2.47. The van der Waals surface area contributed by atoms with Crippen molar-refractivity contribution in [1.29, 1.82) is 0 Å². The predicted molar refractivity (Wildman–Crippen MR) is 111 cm³/mol. The summed E-state index contributed by atoms with van der Waals surface area (Å²) in [5.41, 5.74) is 8.30. The highest BCUT2D eigenvalue weighted by Crippen LogP contribution is 2.35. The molecule has 4 nitrogen and oxygen atoms in total. The van der Waals surface area contributed by atoms with Gasteiger partial charge >= 0.3 is 0 Å². The average molecular weight is 351 g/mol. The minimum absolute atomic E-state index is 1.01. The molecule has 0 aromatic heterocycles. The van der Waals surface area contributed by atoms with Gasteiger partial charge in [-0.15, -0.1) is 0 Å². The number of hydrogen-bond donors (Lipinski definition) is 0. The Labute approximate surface area is 157 Å². The van der Waals surface area contributed by atoms with E-state index in [1.165, 1.54) is 33.6 Å². The lowest BCUT2D eigenvalue weighted by molar-refractivity contribution is 0.310. The standard InChI is InChI=1S/C22H30N4/c1-5-25-15-24(4)14-20-11-17(9-10-21(20)25)18-7-8-19-13-23(3)16-26(6-2)22(19)12-18/h7-12H,5-6,13-16H2,1-4H3.